The van der Waals surface area contributed by atoms with Crippen molar-refractivity contribution in [1.82, 2.24) is 0 Å². The van der Waals surface area contributed by atoms with Crippen LogP contribution in [0.2, 0.25) is 10.0 Å². The van der Waals surface area contributed by atoms with Crippen LogP contribution in [-0.2, 0) is 21.0 Å². The molecule has 0 heterocycles. The van der Waals surface area contributed by atoms with Gasteiger partial charge in [0.05, 0.1) is 21.8 Å². The number of amides is 1. The SMILES string of the molecule is Cc1ccc(S(=O)(=O)N(CC(=O)Nc2ccc(Cl)cc2C(F)(F)F)c2ccc(Cl)cc2C)cc1. The van der Waals surface area contributed by atoms with E-state index >= 15 is 0 Å². The first-order valence-electron chi connectivity index (χ1n) is 9.81. The lowest BCUT2D eigenvalue weighted by Gasteiger charge is -2.26. The number of rotatable bonds is 6. The molecule has 1 N–H and O–H groups in total. The number of anilines is 2. The average Bonchev–Trinajstić information content (AvgIpc) is 2.73. The lowest BCUT2D eigenvalue weighted by molar-refractivity contribution is -0.137. The van der Waals surface area contributed by atoms with Gasteiger partial charge in [-0.15, -0.1) is 0 Å². The molecule has 5 nitrogen and oxygen atoms in total. The van der Waals surface area contributed by atoms with E-state index in [-0.39, 0.29) is 15.6 Å². The third-order valence-electron chi connectivity index (χ3n) is 4.88. The van der Waals surface area contributed by atoms with Crippen LogP contribution in [-0.4, -0.2) is 20.9 Å². The lowest BCUT2D eigenvalue weighted by atomic mass is 10.1. The molecule has 0 radical (unpaired) electrons. The van der Waals surface area contributed by atoms with Crippen LogP contribution >= 0.6 is 23.2 Å². The number of carbonyl (C=O) groups excluding carboxylic acids is 1. The molecule has 0 aliphatic rings. The number of sulfonamides is 1. The smallest absolute Gasteiger partial charge is 0.324 e. The van der Waals surface area contributed by atoms with E-state index in [1.54, 1.807) is 26.0 Å². The van der Waals surface area contributed by atoms with Gasteiger partial charge >= 0.3 is 6.18 Å². The van der Waals surface area contributed by atoms with E-state index in [0.29, 0.717) is 16.7 Å². The lowest BCUT2D eigenvalue weighted by Crippen LogP contribution is -2.38. The van der Waals surface area contributed by atoms with Crippen molar-refractivity contribution in [3.63, 3.8) is 0 Å². The fourth-order valence-electron chi connectivity index (χ4n) is 3.22. The summed E-state index contributed by atoms with van der Waals surface area (Å²) < 4.78 is 68.0. The number of aryl methyl sites for hydroxylation is 2. The minimum absolute atomic E-state index is 0.0808. The molecule has 0 fully saturated rings. The second-order valence-electron chi connectivity index (χ2n) is 7.49. The number of benzene rings is 3. The summed E-state index contributed by atoms with van der Waals surface area (Å²) in [4.78, 5) is 12.7. The predicted molar refractivity (Wildman–Crippen MR) is 127 cm³/mol. The molecular formula is C23H19Cl2F3N2O3S. The van der Waals surface area contributed by atoms with E-state index in [1.165, 1.54) is 36.4 Å². The van der Waals surface area contributed by atoms with E-state index in [9.17, 15) is 26.4 Å². The molecule has 0 aliphatic carbocycles. The standard InChI is InChI=1S/C23H19Cl2F3N2O3S/c1-14-3-7-18(8-4-14)34(32,33)30(21-10-6-16(24)11-15(21)2)13-22(31)29-20-9-5-17(25)12-19(20)23(26,27)28/h3-12H,13H2,1-2H3,(H,29,31). The first-order valence-corrected chi connectivity index (χ1v) is 12.0. The van der Waals surface area contributed by atoms with Crippen molar-refractivity contribution < 1.29 is 26.4 Å². The highest BCUT2D eigenvalue weighted by Gasteiger charge is 2.35. The van der Waals surface area contributed by atoms with Crippen molar-refractivity contribution in [3.8, 4) is 0 Å². The van der Waals surface area contributed by atoms with E-state index < -0.39 is 39.9 Å². The summed E-state index contributed by atoms with van der Waals surface area (Å²) in [6.07, 6.45) is -4.78. The first-order chi connectivity index (χ1) is 15.8. The highest BCUT2D eigenvalue weighted by atomic mass is 35.5. The number of alkyl halides is 3. The summed E-state index contributed by atoms with van der Waals surface area (Å²) in [6, 6.07) is 13.3. The molecule has 0 saturated heterocycles. The quantitative estimate of drug-likeness (QED) is 0.397. The molecular weight excluding hydrogens is 512 g/mol. The maximum atomic E-state index is 13.5. The van der Waals surface area contributed by atoms with Gasteiger partial charge in [0.25, 0.3) is 10.0 Å². The zero-order valence-electron chi connectivity index (χ0n) is 18.0. The Morgan fingerprint density at radius 3 is 2.12 bits per heavy atom. The molecule has 34 heavy (non-hydrogen) atoms. The number of hydrogen-bond donors (Lipinski definition) is 1. The van der Waals surface area contributed by atoms with Gasteiger partial charge in [0, 0.05) is 10.0 Å². The second-order valence-corrected chi connectivity index (χ2v) is 10.2. The molecule has 0 aromatic heterocycles. The van der Waals surface area contributed by atoms with Gasteiger partial charge in [-0.05, 0) is 67.9 Å². The predicted octanol–water partition coefficient (Wildman–Crippen LogP) is 6.46. The van der Waals surface area contributed by atoms with Crippen molar-refractivity contribution in [2.75, 3.05) is 16.2 Å². The Morgan fingerprint density at radius 2 is 1.53 bits per heavy atom. The number of carbonyl (C=O) groups is 1. The van der Waals surface area contributed by atoms with E-state index in [4.69, 9.17) is 23.2 Å². The topological polar surface area (TPSA) is 66.5 Å². The Labute approximate surface area is 205 Å². The molecule has 3 rings (SSSR count). The molecule has 11 heteroatoms. The minimum atomic E-state index is -4.78. The highest BCUT2D eigenvalue weighted by molar-refractivity contribution is 7.92. The van der Waals surface area contributed by atoms with E-state index in [2.05, 4.69) is 5.32 Å². The van der Waals surface area contributed by atoms with Gasteiger partial charge in [-0.3, -0.25) is 9.10 Å². The van der Waals surface area contributed by atoms with Crippen LogP contribution in [0.15, 0.2) is 65.6 Å². The van der Waals surface area contributed by atoms with Gasteiger partial charge in [-0.2, -0.15) is 13.2 Å². The van der Waals surface area contributed by atoms with Crippen molar-refractivity contribution >= 4 is 50.5 Å². The molecule has 0 saturated carbocycles. The van der Waals surface area contributed by atoms with Gasteiger partial charge in [0.1, 0.15) is 6.54 Å². The summed E-state index contributed by atoms with van der Waals surface area (Å²) in [5.41, 5.74) is -0.245. The largest absolute Gasteiger partial charge is 0.418 e. The van der Waals surface area contributed by atoms with Crippen LogP contribution in [0.5, 0.6) is 0 Å². The summed E-state index contributed by atoms with van der Waals surface area (Å²) in [6.45, 7) is 2.62. The Morgan fingerprint density at radius 1 is 0.941 bits per heavy atom. The molecule has 1 amide bonds. The summed E-state index contributed by atoms with van der Waals surface area (Å²) >= 11 is 11.7. The number of hydrogen-bond acceptors (Lipinski definition) is 3. The number of halogens is 5. The minimum Gasteiger partial charge on any atom is -0.324 e. The van der Waals surface area contributed by atoms with E-state index in [0.717, 1.165) is 15.9 Å². The third kappa shape index (κ3) is 5.84. The molecule has 3 aromatic carbocycles. The van der Waals surface area contributed by atoms with Crippen LogP contribution in [0.25, 0.3) is 0 Å². The molecule has 0 atom stereocenters. The van der Waals surface area contributed by atoms with Gasteiger partial charge in [0.15, 0.2) is 0 Å². The van der Waals surface area contributed by atoms with Crippen LogP contribution < -0.4 is 9.62 Å². The molecule has 180 valence electrons. The fraction of sp³-hybridized carbons (Fsp3) is 0.174. The molecule has 3 aromatic rings. The maximum Gasteiger partial charge on any atom is 0.418 e. The molecule has 0 aliphatic heterocycles. The zero-order valence-corrected chi connectivity index (χ0v) is 20.3. The monoisotopic (exact) mass is 530 g/mol. The van der Waals surface area contributed by atoms with Gasteiger partial charge < -0.3 is 5.32 Å². The van der Waals surface area contributed by atoms with Crippen molar-refractivity contribution in [2.24, 2.45) is 0 Å². The van der Waals surface area contributed by atoms with Crippen molar-refractivity contribution in [2.45, 2.75) is 24.9 Å². The average molecular weight is 531 g/mol. The number of nitrogens with one attached hydrogen (secondary N) is 1. The Bertz CT molecular complexity index is 1330. The summed E-state index contributed by atoms with van der Waals surface area (Å²) in [5.74, 6) is -0.974. The van der Waals surface area contributed by atoms with Crippen LogP contribution in [0.1, 0.15) is 16.7 Å². The first kappa shape index (κ1) is 25.9. The van der Waals surface area contributed by atoms with Crippen LogP contribution in [0.4, 0.5) is 24.5 Å². The maximum absolute atomic E-state index is 13.5. The van der Waals surface area contributed by atoms with Crippen LogP contribution in [0.3, 0.4) is 0 Å². The molecule has 0 unspecified atom stereocenters. The molecule has 0 bridgehead atoms. The Kier molecular flexibility index (Phi) is 7.50. The van der Waals surface area contributed by atoms with Gasteiger partial charge in [-0.25, -0.2) is 8.42 Å². The van der Waals surface area contributed by atoms with Crippen LogP contribution in [0, 0.1) is 13.8 Å². The highest BCUT2D eigenvalue weighted by Crippen LogP contribution is 2.37. The normalized spacial score (nSPS) is 11.9. The van der Waals surface area contributed by atoms with Crippen molar-refractivity contribution in [3.05, 3.63) is 87.4 Å². The molecule has 0 spiro atoms. The van der Waals surface area contributed by atoms with Gasteiger partial charge in [-0.1, -0.05) is 40.9 Å². The Hall–Kier alpha value is -2.75. The third-order valence-corrected chi connectivity index (χ3v) is 7.13. The second kappa shape index (κ2) is 9.85. The Balaban J connectivity index is 2.02. The summed E-state index contributed by atoms with van der Waals surface area (Å²) in [5, 5.41) is 2.35. The fourth-order valence-corrected chi connectivity index (χ4v) is 5.10. The summed E-state index contributed by atoms with van der Waals surface area (Å²) in [7, 11) is -4.25. The van der Waals surface area contributed by atoms with E-state index in [1.807, 2.05) is 0 Å². The zero-order chi connectivity index (χ0) is 25.3. The van der Waals surface area contributed by atoms with Crippen molar-refractivity contribution in [1.29, 1.82) is 0 Å². The number of nitrogens with zero attached hydrogens (tertiary/aromatic N) is 1. The van der Waals surface area contributed by atoms with Gasteiger partial charge in [0.2, 0.25) is 5.91 Å².